The SMILES string of the molecule is Oc1ccc(C2=CCCCC2)c(C(F)(F)F)c1. The van der Waals surface area contributed by atoms with Crippen LogP contribution in [0.3, 0.4) is 0 Å². The van der Waals surface area contributed by atoms with Crippen LogP contribution in [0.1, 0.15) is 36.8 Å². The summed E-state index contributed by atoms with van der Waals surface area (Å²) >= 11 is 0. The molecule has 0 heterocycles. The lowest BCUT2D eigenvalue weighted by atomic mass is 9.90. The Hall–Kier alpha value is -1.45. The van der Waals surface area contributed by atoms with E-state index in [0.717, 1.165) is 30.9 Å². The highest BCUT2D eigenvalue weighted by Gasteiger charge is 2.34. The number of benzene rings is 1. The molecular formula is C13H13F3O. The van der Waals surface area contributed by atoms with Crippen molar-refractivity contribution >= 4 is 5.57 Å². The van der Waals surface area contributed by atoms with E-state index in [1.807, 2.05) is 6.08 Å². The van der Waals surface area contributed by atoms with E-state index in [9.17, 15) is 18.3 Å². The lowest BCUT2D eigenvalue weighted by Gasteiger charge is -2.18. The molecule has 0 aliphatic heterocycles. The van der Waals surface area contributed by atoms with Crippen LogP contribution < -0.4 is 0 Å². The maximum absolute atomic E-state index is 12.8. The van der Waals surface area contributed by atoms with Crippen molar-refractivity contribution in [3.63, 3.8) is 0 Å². The van der Waals surface area contributed by atoms with E-state index < -0.39 is 11.7 Å². The van der Waals surface area contributed by atoms with Gasteiger partial charge in [0.2, 0.25) is 0 Å². The second-order valence-electron chi connectivity index (χ2n) is 4.20. The quantitative estimate of drug-likeness (QED) is 0.775. The van der Waals surface area contributed by atoms with Crippen LogP contribution in [0.2, 0.25) is 0 Å². The predicted octanol–water partition coefficient (Wildman–Crippen LogP) is 4.37. The van der Waals surface area contributed by atoms with Gasteiger partial charge in [-0.1, -0.05) is 12.1 Å². The van der Waals surface area contributed by atoms with Gasteiger partial charge in [-0.15, -0.1) is 0 Å². The molecule has 1 aromatic rings. The number of hydrogen-bond donors (Lipinski definition) is 1. The van der Waals surface area contributed by atoms with Crippen LogP contribution in [-0.4, -0.2) is 5.11 Å². The molecule has 1 nitrogen and oxygen atoms in total. The largest absolute Gasteiger partial charge is 0.508 e. The van der Waals surface area contributed by atoms with Crippen LogP contribution in [-0.2, 0) is 6.18 Å². The first-order valence-electron chi connectivity index (χ1n) is 5.58. The van der Waals surface area contributed by atoms with Gasteiger partial charge in [-0.2, -0.15) is 13.2 Å². The lowest BCUT2D eigenvalue weighted by molar-refractivity contribution is -0.137. The van der Waals surface area contributed by atoms with E-state index in [4.69, 9.17) is 0 Å². The molecule has 92 valence electrons. The first-order chi connectivity index (χ1) is 7.98. The summed E-state index contributed by atoms with van der Waals surface area (Å²) in [5.74, 6) is -0.350. The predicted molar refractivity (Wildman–Crippen MR) is 59.6 cm³/mol. The summed E-state index contributed by atoms with van der Waals surface area (Å²) < 4.78 is 38.5. The number of halogens is 3. The van der Waals surface area contributed by atoms with Gasteiger partial charge >= 0.3 is 6.18 Å². The van der Waals surface area contributed by atoms with E-state index >= 15 is 0 Å². The zero-order valence-corrected chi connectivity index (χ0v) is 9.22. The Balaban J connectivity index is 2.49. The molecule has 0 atom stereocenters. The van der Waals surface area contributed by atoms with E-state index in [-0.39, 0.29) is 11.3 Å². The number of hydrogen-bond acceptors (Lipinski definition) is 1. The van der Waals surface area contributed by atoms with Gasteiger partial charge in [0.25, 0.3) is 0 Å². The van der Waals surface area contributed by atoms with Gasteiger partial charge in [-0.3, -0.25) is 0 Å². The lowest BCUT2D eigenvalue weighted by Crippen LogP contribution is -2.09. The Kier molecular flexibility index (Phi) is 3.13. The molecule has 2 rings (SSSR count). The van der Waals surface area contributed by atoms with Gasteiger partial charge in [0.15, 0.2) is 0 Å². The van der Waals surface area contributed by atoms with Crippen LogP contribution in [0.5, 0.6) is 5.75 Å². The Labute approximate surface area is 97.6 Å². The van der Waals surface area contributed by atoms with Crippen LogP contribution >= 0.6 is 0 Å². The zero-order chi connectivity index (χ0) is 12.5. The van der Waals surface area contributed by atoms with E-state index in [1.165, 1.54) is 12.1 Å². The normalized spacial score (nSPS) is 16.8. The van der Waals surface area contributed by atoms with Crippen molar-refractivity contribution in [1.29, 1.82) is 0 Å². The Morgan fingerprint density at radius 3 is 2.47 bits per heavy atom. The van der Waals surface area contributed by atoms with Crippen LogP contribution in [0, 0.1) is 0 Å². The third kappa shape index (κ3) is 2.62. The average molecular weight is 242 g/mol. The maximum atomic E-state index is 12.8. The first-order valence-corrected chi connectivity index (χ1v) is 5.58. The molecule has 1 aliphatic carbocycles. The highest BCUT2D eigenvalue weighted by molar-refractivity contribution is 5.70. The summed E-state index contributed by atoms with van der Waals surface area (Å²) in [7, 11) is 0. The number of aromatic hydroxyl groups is 1. The van der Waals surface area contributed by atoms with Crippen molar-refractivity contribution in [2.45, 2.75) is 31.9 Å². The molecule has 0 fully saturated rings. The molecule has 0 spiro atoms. The molecule has 0 unspecified atom stereocenters. The second kappa shape index (κ2) is 4.43. The smallest absolute Gasteiger partial charge is 0.417 e. The molecule has 0 saturated carbocycles. The maximum Gasteiger partial charge on any atom is 0.417 e. The van der Waals surface area contributed by atoms with Crippen molar-refractivity contribution in [2.24, 2.45) is 0 Å². The molecule has 1 aromatic carbocycles. The molecule has 0 radical (unpaired) electrons. The summed E-state index contributed by atoms with van der Waals surface area (Å²) in [4.78, 5) is 0. The van der Waals surface area contributed by atoms with Gasteiger partial charge in [0, 0.05) is 0 Å². The molecular weight excluding hydrogens is 229 g/mol. The Bertz CT molecular complexity index is 446. The van der Waals surface area contributed by atoms with Crippen molar-refractivity contribution in [3.8, 4) is 5.75 Å². The highest BCUT2D eigenvalue weighted by Crippen LogP contribution is 2.39. The molecule has 0 saturated heterocycles. The molecule has 0 aromatic heterocycles. The van der Waals surface area contributed by atoms with Crippen molar-refractivity contribution < 1.29 is 18.3 Å². The minimum absolute atomic E-state index is 0.204. The van der Waals surface area contributed by atoms with Crippen LogP contribution in [0.4, 0.5) is 13.2 Å². The number of allylic oxidation sites excluding steroid dienone is 2. The molecule has 4 heteroatoms. The van der Waals surface area contributed by atoms with Crippen molar-refractivity contribution in [3.05, 3.63) is 35.4 Å². The average Bonchev–Trinajstić information content (AvgIpc) is 2.29. The third-order valence-electron chi connectivity index (χ3n) is 2.95. The summed E-state index contributed by atoms with van der Waals surface area (Å²) in [5.41, 5.74) is 0.198. The minimum Gasteiger partial charge on any atom is -0.508 e. The summed E-state index contributed by atoms with van der Waals surface area (Å²) in [6, 6.07) is 3.46. The van der Waals surface area contributed by atoms with Gasteiger partial charge < -0.3 is 5.11 Å². The first kappa shape index (κ1) is 12.0. The van der Waals surface area contributed by atoms with Gasteiger partial charge in [-0.25, -0.2) is 0 Å². The molecule has 0 amide bonds. The van der Waals surface area contributed by atoms with Crippen LogP contribution in [0.25, 0.3) is 5.57 Å². The molecule has 0 bridgehead atoms. The fourth-order valence-electron chi connectivity index (χ4n) is 2.13. The fraction of sp³-hybridized carbons (Fsp3) is 0.385. The fourth-order valence-corrected chi connectivity index (χ4v) is 2.13. The van der Waals surface area contributed by atoms with E-state index in [2.05, 4.69) is 0 Å². The Morgan fingerprint density at radius 2 is 1.88 bits per heavy atom. The minimum atomic E-state index is -4.42. The standard InChI is InChI=1S/C13H13F3O/c14-13(15,16)12-8-10(17)6-7-11(12)9-4-2-1-3-5-9/h4,6-8,17H,1-3,5H2. The Morgan fingerprint density at radius 1 is 1.12 bits per heavy atom. The summed E-state index contributed by atoms with van der Waals surface area (Å²) in [5, 5.41) is 9.18. The molecule has 1 N–H and O–H groups in total. The van der Waals surface area contributed by atoms with Crippen molar-refractivity contribution in [1.82, 2.24) is 0 Å². The number of phenolic OH excluding ortho intramolecular Hbond substituents is 1. The second-order valence-corrected chi connectivity index (χ2v) is 4.20. The van der Waals surface area contributed by atoms with Gasteiger partial charge in [0.05, 0.1) is 5.56 Å². The zero-order valence-electron chi connectivity index (χ0n) is 9.22. The van der Waals surface area contributed by atoms with E-state index in [1.54, 1.807) is 0 Å². The monoisotopic (exact) mass is 242 g/mol. The third-order valence-corrected chi connectivity index (χ3v) is 2.95. The molecule has 17 heavy (non-hydrogen) atoms. The van der Waals surface area contributed by atoms with Gasteiger partial charge in [0.1, 0.15) is 5.75 Å². The van der Waals surface area contributed by atoms with E-state index in [0.29, 0.717) is 6.42 Å². The van der Waals surface area contributed by atoms with Crippen LogP contribution in [0.15, 0.2) is 24.3 Å². The number of phenols is 1. The topological polar surface area (TPSA) is 20.2 Å². The molecule has 1 aliphatic rings. The summed E-state index contributed by atoms with van der Waals surface area (Å²) in [6.07, 6.45) is 0.895. The number of rotatable bonds is 1. The number of alkyl halides is 3. The van der Waals surface area contributed by atoms with Crippen molar-refractivity contribution in [2.75, 3.05) is 0 Å². The highest BCUT2D eigenvalue weighted by atomic mass is 19.4. The van der Waals surface area contributed by atoms with Gasteiger partial charge in [-0.05, 0) is 49.0 Å². The summed E-state index contributed by atoms with van der Waals surface area (Å²) in [6.45, 7) is 0.